The molecular weight excluding hydrogens is 410 g/mol. The normalized spacial score (nSPS) is 11.5. The molecule has 9 nitrogen and oxygen atoms in total. The van der Waals surface area contributed by atoms with E-state index in [0.29, 0.717) is 23.6 Å². The number of aromatic nitrogens is 1. The minimum Gasteiger partial charge on any atom is -0.445 e. The first-order chi connectivity index (χ1) is 15.5. The van der Waals surface area contributed by atoms with Gasteiger partial charge in [0.05, 0.1) is 6.20 Å². The summed E-state index contributed by atoms with van der Waals surface area (Å²) in [5, 5.41) is 8.29. The number of alkyl carbamates (subject to hydrolysis) is 1. The van der Waals surface area contributed by atoms with Gasteiger partial charge in [-0.3, -0.25) is 0 Å². The third-order valence-electron chi connectivity index (χ3n) is 4.80. The van der Waals surface area contributed by atoms with Gasteiger partial charge in [0.1, 0.15) is 6.10 Å². The maximum absolute atomic E-state index is 12.4. The molecule has 0 bridgehead atoms. The highest BCUT2D eigenvalue weighted by Crippen LogP contribution is 2.25. The van der Waals surface area contributed by atoms with Crippen LogP contribution in [-0.2, 0) is 11.3 Å². The van der Waals surface area contributed by atoms with Crippen molar-refractivity contribution < 1.29 is 18.7 Å². The fourth-order valence-electron chi connectivity index (χ4n) is 3.08. The van der Waals surface area contributed by atoms with Crippen LogP contribution in [0.15, 0.2) is 59.5 Å². The molecule has 5 N–H and O–H groups in total. The number of oxazole rings is 1. The standard InChI is InChI=1S/C23H27N5O4/c1-3-19(11-24)32-23(30)26-12-16-5-4-6-17(10-16)27-22(29)28-18-7-8-20(15(2)9-18)21-13-25-14-31-21/h4-10,13-14,19H,3,11-12,24H2,1-2H3,(H,26,30)(H2,27,28,29). The van der Waals surface area contributed by atoms with Crippen LogP contribution in [0, 0.1) is 6.92 Å². The zero-order chi connectivity index (χ0) is 22.9. The van der Waals surface area contributed by atoms with Crippen LogP contribution in [0.2, 0.25) is 0 Å². The van der Waals surface area contributed by atoms with Crippen molar-refractivity contribution in [3.63, 3.8) is 0 Å². The minimum absolute atomic E-state index is 0.263. The van der Waals surface area contributed by atoms with Gasteiger partial charge < -0.3 is 30.8 Å². The van der Waals surface area contributed by atoms with E-state index in [1.165, 1.54) is 6.39 Å². The number of ether oxygens (including phenoxy) is 1. The van der Waals surface area contributed by atoms with Crippen molar-refractivity contribution in [1.29, 1.82) is 0 Å². The number of nitrogens with two attached hydrogens (primary N) is 1. The van der Waals surface area contributed by atoms with Gasteiger partial charge in [0, 0.05) is 30.0 Å². The largest absolute Gasteiger partial charge is 0.445 e. The van der Waals surface area contributed by atoms with Gasteiger partial charge in [0.15, 0.2) is 12.2 Å². The van der Waals surface area contributed by atoms with Crippen LogP contribution in [-0.4, -0.2) is 29.8 Å². The Hall–Kier alpha value is -3.85. The molecule has 1 aromatic heterocycles. The number of amides is 3. The minimum atomic E-state index is -0.525. The van der Waals surface area contributed by atoms with Crippen LogP contribution in [0.25, 0.3) is 11.3 Å². The molecule has 168 valence electrons. The van der Waals surface area contributed by atoms with Crippen molar-refractivity contribution in [2.75, 3.05) is 17.2 Å². The van der Waals surface area contributed by atoms with Gasteiger partial charge in [0.2, 0.25) is 0 Å². The molecule has 0 aliphatic carbocycles. The smallest absolute Gasteiger partial charge is 0.407 e. The Morgan fingerprint density at radius 3 is 2.59 bits per heavy atom. The summed E-state index contributed by atoms with van der Waals surface area (Å²) in [6, 6.07) is 12.3. The van der Waals surface area contributed by atoms with Crippen molar-refractivity contribution in [1.82, 2.24) is 10.3 Å². The fourth-order valence-corrected chi connectivity index (χ4v) is 3.08. The molecule has 1 atom stereocenters. The van der Waals surface area contributed by atoms with Crippen molar-refractivity contribution in [3.8, 4) is 11.3 Å². The van der Waals surface area contributed by atoms with Gasteiger partial charge in [-0.05, 0) is 54.8 Å². The fraction of sp³-hybridized carbons (Fsp3) is 0.261. The molecular formula is C23H27N5O4. The number of rotatable bonds is 8. The topological polar surface area (TPSA) is 132 Å². The zero-order valence-corrected chi connectivity index (χ0v) is 18.1. The molecule has 32 heavy (non-hydrogen) atoms. The summed E-state index contributed by atoms with van der Waals surface area (Å²) in [6.07, 6.45) is 2.84. The number of aryl methyl sites for hydroxylation is 1. The molecule has 9 heteroatoms. The Balaban J connectivity index is 1.54. The van der Waals surface area contributed by atoms with Crippen LogP contribution in [0.3, 0.4) is 0 Å². The lowest BCUT2D eigenvalue weighted by Gasteiger charge is -2.14. The van der Waals surface area contributed by atoms with E-state index in [0.717, 1.165) is 16.7 Å². The lowest BCUT2D eigenvalue weighted by atomic mass is 10.1. The highest BCUT2D eigenvalue weighted by atomic mass is 16.6. The SMILES string of the molecule is CCC(CN)OC(=O)NCc1cccc(NC(=O)Nc2ccc(-c3cnco3)c(C)c2)c1. The number of nitrogens with zero attached hydrogens (tertiary/aromatic N) is 1. The van der Waals surface area contributed by atoms with E-state index < -0.39 is 6.09 Å². The van der Waals surface area contributed by atoms with Gasteiger partial charge in [-0.25, -0.2) is 14.6 Å². The lowest BCUT2D eigenvalue weighted by Crippen LogP contribution is -2.32. The van der Waals surface area contributed by atoms with Crippen LogP contribution in [0.4, 0.5) is 21.0 Å². The van der Waals surface area contributed by atoms with E-state index in [1.807, 2.05) is 32.0 Å². The predicted octanol–water partition coefficient (Wildman–Crippen LogP) is 4.26. The zero-order valence-electron chi connectivity index (χ0n) is 18.1. The Labute approximate surface area is 186 Å². The van der Waals surface area contributed by atoms with Gasteiger partial charge in [0.25, 0.3) is 0 Å². The van der Waals surface area contributed by atoms with E-state index in [2.05, 4.69) is 20.9 Å². The molecule has 3 rings (SSSR count). The molecule has 0 saturated carbocycles. The second-order valence-electron chi connectivity index (χ2n) is 7.20. The van der Waals surface area contributed by atoms with Gasteiger partial charge in [-0.1, -0.05) is 19.1 Å². The summed E-state index contributed by atoms with van der Waals surface area (Å²) in [4.78, 5) is 28.2. The molecule has 3 amide bonds. The first-order valence-corrected chi connectivity index (χ1v) is 10.3. The maximum Gasteiger partial charge on any atom is 0.407 e. The van der Waals surface area contributed by atoms with Gasteiger partial charge in [-0.2, -0.15) is 0 Å². The average molecular weight is 438 g/mol. The molecule has 0 aliphatic rings. The van der Waals surface area contributed by atoms with E-state index in [1.54, 1.807) is 30.5 Å². The Morgan fingerprint density at radius 2 is 1.94 bits per heavy atom. The summed E-state index contributed by atoms with van der Waals surface area (Å²) >= 11 is 0. The number of hydrogen-bond donors (Lipinski definition) is 4. The number of hydrogen-bond acceptors (Lipinski definition) is 6. The molecule has 1 unspecified atom stereocenters. The number of benzene rings is 2. The van der Waals surface area contributed by atoms with Crippen molar-refractivity contribution >= 4 is 23.5 Å². The number of carbonyl (C=O) groups is 2. The Morgan fingerprint density at radius 1 is 1.16 bits per heavy atom. The first kappa shape index (κ1) is 22.8. The molecule has 1 heterocycles. The van der Waals surface area contributed by atoms with E-state index in [9.17, 15) is 9.59 Å². The van der Waals surface area contributed by atoms with Crippen molar-refractivity contribution in [2.24, 2.45) is 5.73 Å². The van der Waals surface area contributed by atoms with Crippen LogP contribution >= 0.6 is 0 Å². The number of urea groups is 1. The molecule has 0 fully saturated rings. The summed E-state index contributed by atoms with van der Waals surface area (Å²) in [5.74, 6) is 0.668. The first-order valence-electron chi connectivity index (χ1n) is 10.3. The van der Waals surface area contributed by atoms with Crippen LogP contribution in [0.5, 0.6) is 0 Å². The van der Waals surface area contributed by atoms with Crippen LogP contribution < -0.4 is 21.7 Å². The second kappa shape index (κ2) is 11.0. The number of carbonyl (C=O) groups excluding carboxylic acids is 2. The highest BCUT2D eigenvalue weighted by molar-refractivity contribution is 6.00. The molecule has 0 saturated heterocycles. The predicted molar refractivity (Wildman–Crippen MR) is 122 cm³/mol. The third kappa shape index (κ3) is 6.32. The van der Waals surface area contributed by atoms with Gasteiger partial charge >= 0.3 is 12.1 Å². The molecule has 0 radical (unpaired) electrons. The number of nitrogens with one attached hydrogen (secondary N) is 3. The van der Waals surface area contributed by atoms with E-state index in [4.69, 9.17) is 14.9 Å². The second-order valence-corrected chi connectivity index (χ2v) is 7.20. The summed E-state index contributed by atoms with van der Waals surface area (Å²) < 4.78 is 10.5. The molecule has 2 aromatic carbocycles. The lowest BCUT2D eigenvalue weighted by molar-refractivity contribution is 0.0989. The average Bonchev–Trinajstić information content (AvgIpc) is 3.31. The molecule has 0 aliphatic heterocycles. The summed E-state index contributed by atoms with van der Waals surface area (Å²) in [5.41, 5.74) is 9.45. The van der Waals surface area contributed by atoms with Crippen LogP contribution in [0.1, 0.15) is 24.5 Å². The van der Waals surface area contributed by atoms with Gasteiger partial charge in [-0.15, -0.1) is 0 Å². The third-order valence-corrected chi connectivity index (χ3v) is 4.80. The Bertz CT molecular complexity index is 1050. The highest BCUT2D eigenvalue weighted by Gasteiger charge is 2.11. The van der Waals surface area contributed by atoms with Crippen molar-refractivity contribution in [2.45, 2.75) is 32.9 Å². The maximum atomic E-state index is 12.4. The number of anilines is 2. The summed E-state index contributed by atoms with van der Waals surface area (Å²) in [6.45, 7) is 4.37. The van der Waals surface area contributed by atoms with Crippen molar-refractivity contribution in [3.05, 3.63) is 66.2 Å². The van der Waals surface area contributed by atoms with E-state index >= 15 is 0 Å². The van der Waals surface area contributed by atoms with E-state index in [-0.39, 0.29) is 25.2 Å². The monoisotopic (exact) mass is 437 g/mol. The Kier molecular flexibility index (Phi) is 7.82. The summed E-state index contributed by atoms with van der Waals surface area (Å²) in [7, 11) is 0. The molecule has 3 aromatic rings. The molecule has 0 spiro atoms. The quantitative estimate of drug-likeness (QED) is 0.416.